The zero-order valence-corrected chi connectivity index (χ0v) is 22.7. The fourth-order valence-corrected chi connectivity index (χ4v) is 4.49. The van der Waals surface area contributed by atoms with Crippen molar-refractivity contribution >= 4 is 62.3 Å². The molecule has 1 atom stereocenters. The van der Waals surface area contributed by atoms with Gasteiger partial charge in [-0.05, 0) is 63.6 Å². The highest BCUT2D eigenvalue weighted by Gasteiger charge is 2.31. The third-order valence-corrected chi connectivity index (χ3v) is 6.89. The maximum atomic E-state index is 13.5. The molecule has 1 unspecified atom stereocenters. The van der Waals surface area contributed by atoms with Crippen LogP contribution in [0.15, 0.2) is 42.5 Å². The summed E-state index contributed by atoms with van der Waals surface area (Å²) in [5.41, 5.74) is 0.353. The predicted octanol–water partition coefficient (Wildman–Crippen LogP) is 4.74. The minimum Gasteiger partial charge on any atom is -0.350 e. The molecule has 1 N–H and O–H groups in total. The van der Waals surface area contributed by atoms with Crippen LogP contribution in [0.2, 0.25) is 15.1 Å². The highest BCUT2D eigenvalue weighted by Crippen LogP contribution is 2.28. The Balaban J connectivity index is 2.43. The Hall–Kier alpha value is -2.00. The third-order valence-electron chi connectivity index (χ3n) is 4.78. The minimum absolute atomic E-state index is 0.0527. The standard InChI is InChI=1S/C23H28Cl3N3O4S/c1-15(22(31)27-23(2,3)4)28(13-16-7-6-8-17(24)11-16)21(30)14-29(34(5,32)33)18-9-10-19(25)20(26)12-18/h6-12,15H,13-14H2,1-5H3,(H,27,31). The molecule has 2 aromatic rings. The number of rotatable bonds is 8. The molecule has 0 aliphatic carbocycles. The molecule has 0 aliphatic heterocycles. The van der Waals surface area contributed by atoms with Gasteiger partial charge in [-0.1, -0.05) is 46.9 Å². The zero-order chi connectivity index (χ0) is 25.8. The summed E-state index contributed by atoms with van der Waals surface area (Å²) in [6, 6.07) is 10.3. The quantitative estimate of drug-likeness (QED) is 0.516. The summed E-state index contributed by atoms with van der Waals surface area (Å²) in [7, 11) is -3.87. The summed E-state index contributed by atoms with van der Waals surface area (Å²) in [5, 5.41) is 3.73. The number of anilines is 1. The number of carbonyl (C=O) groups excluding carboxylic acids is 2. The molecule has 0 spiro atoms. The number of nitrogens with one attached hydrogen (secondary N) is 1. The Morgan fingerprint density at radius 2 is 1.68 bits per heavy atom. The first-order valence-corrected chi connectivity index (χ1v) is 13.4. The van der Waals surface area contributed by atoms with E-state index in [1.165, 1.54) is 23.1 Å². The van der Waals surface area contributed by atoms with E-state index in [1.807, 2.05) is 20.8 Å². The van der Waals surface area contributed by atoms with Crippen LogP contribution in [0.5, 0.6) is 0 Å². The van der Waals surface area contributed by atoms with Crippen LogP contribution in [-0.4, -0.2) is 49.5 Å². The normalized spacial score (nSPS) is 12.7. The van der Waals surface area contributed by atoms with Gasteiger partial charge in [-0.2, -0.15) is 0 Å². The van der Waals surface area contributed by atoms with Crippen LogP contribution in [0.1, 0.15) is 33.3 Å². The number of hydrogen-bond donors (Lipinski definition) is 1. The van der Waals surface area contributed by atoms with Crippen molar-refractivity contribution < 1.29 is 18.0 Å². The largest absolute Gasteiger partial charge is 0.350 e. The molecular formula is C23H28Cl3N3O4S. The second kappa shape index (κ2) is 11.2. The van der Waals surface area contributed by atoms with E-state index in [1.54, 1.807) is 31.2 Å². The van der Waals surface area contributed by atoms with Crippen LogP contribution < -0.4 is 9.62 Å². The van der Waals surface area contributed by atoms with Gasteiger partial charge in [0, 0.05) is 17.1 Å². The number of sulfonamides is 1. The van der Waals surface area contributed by atoms with Crippen LogP contribution in [0, 0.1) is 0 Å². The molecule has 2 aromatic carbocycles. The molecule has 0 saturated carbocycles. The van der Waals surface area contributed by atoms with Gasteiger partial charge < -0.3 is 10.2 Å². The third kappa shape index (κ3) is 8.05. The summed E-state index contributed by atoms with van der Waals surface area (Å²) in [5.74, 6) is -0.948. The first-order chi connectivity index (χ1) is 15.6. The first-order valence-electron chi connectivity index (χ1n) is 10.4. The Labute approximate surface area is 216 Å². The molecule has 0 heterocycles. The maximum Gasteiger partial charge on any atom is 0.244 e. The van der Waals surface area contributed by atoms with Crippen molar-refractivity contribution in [3.05, 3.63) is 63.1 Å². The van der Waals surface area contributed by atoms with Crippen molar-refractivity contribution in [3.63, 3.8) is 0 Å². The van der Waals surface area contributed by atoms with Crippen molar-refractivity contribution in [2.45, 2.75) is 45.8 Å². The Kier molecular flexibility index (Phi) is 9.27. The summed E-state index contributed by atoms with van der Waals surface area (Å²) in [4.78, 5) is 27.7. The molecule has 0 fully saturated rings. The zero-order valence-electron chi connectivity index (χ0n) is 19.6. The van der Waals surface area contributed by atoms with Crippen molar-refractivity contribution in [2.75, 3.05) is 17.1 Å². The molecule has 7 nitrogen and oxygen atoms in total. The van der Waals surface area contributed by atoms with Gasteiger partial charge in [-0.15, -0.1) is 0 Å². The lowest BCUT2D eigenvalue weighted by Gasteiger charge is -2.33. The Bertz CT molecular complexity index is 1170. The van der Waals surface area contributed by atoms with Crippen LogP contribution in [0.3, 0.4) is 0 Å². The smallest absolute Gasteiger partial charge is 0.244 e. The fourth-order valence-electron chi connectivity index (χ4n) is 3.14. The summed E-state index contributed by atoms with van der Waals surface area (Å²) >= 11 is 18.1. The van der Waals surface area contributed by atoms with Gasteiger partial charge in [-0.25, -0.2) is 8.42 Å². The van der Waals surface area contributed by atoms with E-state index in [4.69, 9.17) is 34.8 Å². The molecule has 0 radical (unpaired) electrons. The summed E-state index contributed by atoms with van der Waals surface area (Å²) < 4.78 is 26.1. The van der Waals surface area contributed by atoms with E-state index >= 15 is 0 Å². The number of benzene rings is 2. The highest BCUT2D eigenvalue weighted by molar-refractivity contribution is 7.92. The molecule has 2 amide bonds. The van der Waals surface area contributed by atoms with Crippen molar-refractivity contribution in [3.8, 4) is 0 Å². The number of amides is 2. The molecular weight excluding hydrogens is 521 g/mol. The second-order valence-corrected chi connectivity index (χ2v) is 12.1. The van der Waals surface area contributed by atoms with Gasteiger partial charge in [0.2, 0.25) is 21.8 Å². The topological polar surface area (TPSA) is 86.8 Å². The van der Waals surface area contributed by atoms with Gasteiger partial charge in [0.15, 0.2) is 0 Å². The summed E-state index contributed by atoms with van der Waals surface area (Å²) in [6.45, 7) is 6.60. The van der Waals surface area contributed by atoms with E-state index in [0.29, 0.717) is 10.6 Å². The van der Waals surface area contributed by atoms with Gasteiger partial charge in [0.1, 0.15) is 12.6 Å². The lowest BCUT2D eigenvalue weighted by Crippen LogP contribution is -2.54. The molecule has 0 aliphatic rings. The summed E-state index contributed by atoms with van der Waals surface area (Å²) in [6.07, 6.45) is 0.986. The van der Waals surface area contributed by atoms with E-state index < -0.39 is 34.1 Å². The van der Waals surface area contributed by atoms with Crippen LogP contribution in [-0.2, 0) is 26.2 Å². The Morgan fingerprint density at radius 1 is 1.03 bits per heavy atom. The van der Waals surface area contributed by atoms with Gasteiger partial charge in [0.25, 0.3) is 0 Å². The van der Waals surface area contributed by atoms with E-state index in [2.05, 4.69) is 5.32 Å². The van der Waals surface area contributed by atoms with Crippen LogP contribution in [0.4, 0.5) is 5.69 Å². The number of nitrogens with zero attached hydrogens (tertiary/aromatic N) is 2. The van der Waals surface area contributed by atoms with Gasteiger partial charge in [0.05, 0.1) is 22.0 Å². The maximum absolute atomic E-state index is 13.5. The second-order valence-electron chi connectivity index (χ2n) is 8.93. The molecule has 2 rings (SSSR count). The van der Waals surface area contributed by atoms with Crippen LogP contribution in [0.25, 0.3) is 0 Å². The van der Waals surface area contributed by atoms with E-state index in [9.17, 15) is 18.0 Å². The monoisotopic (exact) mass is 547 g/mol. The SMILES string of the molecule is CC(C(=O)NC(C)(C)C)N(Cc1cccc(Cl)c1)C(=O)CN(c1ccc(Cl)c(Cl)c1)S(C)(=O)=O. The number of halogens is 3. The lowest BCUT2D eigenvalue weighted by molar-refractivity contribution is -0.140. The molecule has 186 valence electrons. The van der Waals surface area contributed by atoms with Crippen molar-refractivity contribution in [1.82, 2.24) is 10.2 Å². The van der Waals surface area contributed by atoms with E-state index in [0.717, 1.165) is 10.6 Å². The lowest BCUT2D eigenvalue weighted by atomic mass is 10.1. The average molecular weight is 549 g/mol. The van der Waals surface area contributed by atoms with Crippen molar-refractivity contribution in [1.29, 1.82) is 0 Å². The Morgan fingerprint density at radius 3 is 2.21 bits per heavy atom. The minimum atomic E-state index is -3.87. The molecule has 0 aromatic heterocycles. The predicted molar refractivity (Wildman–Crippen MR) is 138 cm³/mol. The highest BCUT2D eigenvalue weighted by atomic mass is 35.5. The molecule has 34 heavy (non-hydrogen) atoms. The van der Waals surface area contributed by atoms with Gasteiger partial charge in [-0.3, -0.25) is 13.9 Å². The number of hydrogen-bond acceptors (Lipinski definition) is 4. The average Bonchev–Trinajstić information content (AvgIpc) is 2.69. The molecule has 11 heteroatoms. The molecule has 0 saturated heterocycles. The van der Waals surface area contributed by atoms with Crippen molar-refractivity contribution in [2.24, 2.45) is 0 Å². The van der Waals surface area contributed by atoms with Crippen LogP contribution >= 0.6 is 34.8 Å². The van der Waals surface area contributed by atoms with Gasteiger partial charge >= 0.3 is 0 Å². The first kappa shape index (κ1) is 28.2. The fraction of sp³-hybridized carbons (Fsp3) is 0.391. The van der Waals surface area contributed by atoms with E-state index in [-0.39, 0.29) is 28.2 Å². The number of carbonyl (C=O) groups is 2. The molecule has 0 bridgehead atoms.